The van der Waals surface area contributed by atoms with Crippen LogP contribution in [0.4, 0.5) is 0 Å². The van der Waals surface area contributed by atoms with Crippen LogP contribution in [0.5, 0.6) is 0 Å². The Labute approximate surface area is 470 Å². The quantitative estimate of drug-likeness (QED) is 0.0264. The molecule has 2 unspecified atom stereocenters. The normalized spacial score (nSPS) is 13.3. The highest BCUT2D eigenvalue weighted by molar-refractivity contribution is 7.47. The fraction of sp³-hybridized carbons (Fsp3) is 0.848. The van der Waals surface area contributed by atoms with Crippen molar-refractivity contribution < 1.29 is 37.6 Å². The minimum atomic E-state index is -4.39. The van der Waals surface area contributed by atoms with E-state index in [4.69, 9.17) is 24.3 Å². The predicted octanol–water partition coefficient (Wildman–Crippen LogP) is 20.9. The van der Waals surface area contributed by atoms with E-state index in [1.54, 1.807) is 0 Å². The summed E-state index contributed by atoms with van der Waals surface area (Å²) >= 11 is 0. The monoisotopic (exact) mass is 1090 g/mol. The van der Waals surface area contributed by atoms with Gasteiger partial charge in [-0.2, -0.15) is 0 Å². The van der Waals surface area contributed by atoms with Crippen molar-refractivity contribution in [1.82, 2.24) is 0 Å². The third-order valence-corrected chi connectivity index (χ3v) is 15.5. The Bertz CT molecular complexity index is 1380. The third kappa shape index (κ3) is 61.2. The molecular weight excluding hydrogens is 966 g/mol. The summed E-state index contributed by atoms with van der Waals surface area (Å²) in [5.41, 5.74) is 5.39. The highest BCUT2D eigenvalue weighted by atomic mass is 31.2. The topological polar surface area (TPSA) is 134 Å². The lowest BCUT2D eigenvalue weighted by Crippen LogP contribution is -2.29. The largest absolute Gasteiger partial charge is 0.472 e. The van der Waals surface area contributed by atoms with Crippen LogP contribution in [0, 0.1) is 0 Å². The van der Waals surface area contributed by atoms with Gasteiger partial charge >= 0.3 is 19.8 Å². The van der Waals surface area contributed by atoms with E-state index >= 15 is 0 Å². The maximum absolute atomic E-state index is 12.7. The zero-order chi connectivity index (χ0) is 55.2. The second-order valence-electron chi connectivity index (χ2n) is 22.0. The van der Waals surface area contributed by atoms with Crippen molar-refractivity contribution in [2.45, 2.75) is 335 Å². The van der Waals surface area contributed by atoms with Gasteiger partial charge in [-0.05, 0) is 51.4 Å². The molecule has 0 aliphatic heterocycles. The van der Waals surface area contributed by atoms with Crippen LogP contribution in [0.25, 0.3) is 0 Å². The molecular formula is C66H124NO8P. The van der Waals surface area contributed by atoms with Gasteiger partial charge < -0.3 is 20.1 Å². The van der Waals surface area contributed by atoms with E-state index < -0.39 is 26.5 Å². The number of rotatable bonds is 62. The molecule has 0 aliphatic carbocycles. The number of phosphoric ester groups is 1. The SMILES string of the molecule is CC/C=C\C/C=C\C/C=C\C/C=C\CCCCCCCCCCCCC(=O)OC(COC(=O)CCCCCCCCCCCCCCCCCCCCCCCCCCCCCCCCCC)COP(=O)(O)OCCN. The maximum Gasteiger partial charge on any atom is 0.472 e. The van der Waals surface area contributed by atoms with Crippen LogP contribution >= 0.6 is 7.82 Å². The Morgan fingerprint density at radius 1 is 0.408 bits per heavy atom. The predicted molar refractivity (Wildman–Crippen MR) is 326 cm³/mol. The minimum Gasteiger partial charge on any atom is -0.462 e. The first-order valence-electron chi connectivity index (χ1n) is 32.6. The van der Waals surface area contributed by atoms with Crippen LogP contribution in [0.1, 0.15) is 328 Å². The number of ether oxygens (including phenoxy) is 2. The first kappa shape index (κ1) is 74.0. The summed E-state index contributed by atoms with van der Waals surface area (Å²) in [6.45, 7) is 3.68. The summed E-state index contributed by atoms with van der Waals surface area (Å²) in [6, 6.07) is 0. The van der Waals surface area contributed by atoms with Gasteiger partial charge in [-0.3, -0.25) is 18.6 Å². The Balaban J connectivity index is 3.85. The standard InChI is InChI=1S/C66H124NO8P/c1-3-5-7-9-11-13-15-17-19-21-23-25-27-28-29-30-31-32-33-34-35-37-38-40-42-44-46-48-50-52-54-56-58-65(68)72-62-64(63-74-76(70,71)73-61-60-67)75-66(69)59-57-55-53-51-49-47-45-43-41-39-36-26-24-22-20-18-16-14-12-10-8-6-4-2/h6,8,12,14,18,20,24,26,64H,3-5,7,9-11,13,15-17,19,21-23,25,27-63,67H2,1-2H3,(H,70,71)/b8-6-,14-12-,20-18-,26-24-. The molecule has 10 heteroatoms. The van der Waals surface area contributed by atoms with Crippen LogP contribution in [-0.4, -0.2) is 49.3 Å². The number of allylic oxidation sites excluding steroid dienone is 8. The number of hydrogen-bond acceptors (Lipinski definition) is 8. The van der Waals surface area contributed by atoms with Gasteiger partial charge in [0.2, 0.25) is 0 Å². The van der Waals surface area contributed by atoms with Gasteiger partial charge in [0, 0.05) is 19.4 Å². The summed E-state index contributed by atoms with van der Waals surface area (Å²) in [7, 11) is -4.39. The molecule has 0 bridgehead atoms. The van der Waals surface area contributed by atoms with E-state index in [-0.39, 0.29) is 38.6 Å². The molecule has 0 rings (SSSR count). The zero-order valence-electron chi connectivity index (χ0n) is 50.0. The van der Waals surface area contributed by atoms with Crippen molar-refractivity contribution in [2.75, 3.05) is 26.4 Å². The van der Waals surface area contributed by atoms with E-state index in [9.17, 15) is 19.0 Å². The Kier molecular flexibility index (Phi) is 60.5. The average molecular weight is 1090 g/mol. The van der Waals surface area contributed by atoms with Crippen molar-refractivity contribution in [3.63, 3.8) is 0 Å². The van der Waals surface area contributed by atoms with Gasteiger partial charge in [0.1, 0.15) is 6.61 Å². The molecule has 2 atom stereocenters. The van der Waals surface area contributed by atoms with E-state index in [2.05, 4.69) is 62.5 Å². The van der Waals surface area contributed by atoms with E-state index in [0.29, 0.717) is 6.42 Å². The van der Waals surface area contributed by atoms with E-state index in [0.717, 1.165) is 70.6 Å². The van der Waals surface area contributed by atoms with Crippen molar-refractivity contribution in [1.29, 1.82) is 0 Å². The molecule has 3 N–H and O–H groups in total. The fourth-order valence-corrected chi connectivity index (χ4v) is 10.5. The Morgan fingerprint density at radius 3 is 1.08 bits per heavy atom. The molecule has 0 aliphatic rings. The van der Waals surface area contributed by atoms with Gasteiger partial charge in [-0.15, -0.1) is 0 Å². The van der Waals surface area contributed by atoms with Crippen LogP contribution in [-0.2, 0) is 32.7 Å². The number of carbonyl (C=O) groups is 2. The lowest BCUT2D eigenvalue weighted by atomic mass is 10.0. The maximum atomic E-state index is 12.7. The third-order valence-electron chi connectivity index (χ3n) is 14.5. The van der Waals surface area contributed by atoms with E-state index in [1.165, 1.54) is 225 Å². The summed E-state index contributed by atoms with van der Waals surface area (Å²) in [6.07, 6.45) is 77.7. The Morgan fingerprint density at radius 2 is 0.724 bits per heavy atom. The van der Waals surface area contributed by atoms with Crippen LogP contribution in [0.15, 0.2) is 48.6 Å². The van der Waals surface area contributed by atoms with E-state index in [1.807, 2.05) is 0 Å². The van der Waals surface area contributed by atoms with Gasteiger partial charge in [-0.1, -0.05) is 313 Å². The molecule has 9 nitrogen and oxygen atoms in total. The van der Waals surface area contributed by atoms with Crippen LogP contribution in [0.2, 0.25) is 0 Å². The first-order chi connectivity index (χ1) is 37.3. The number of esters is 2. The van der Waals surface area contributed by atoms with Crippen LogP contribution < -0.4 is 5.73 Å². The smallest absolute Gasteiger partial charge is 0.462 e. The van der Waals surface area contributed by atoms with Crippen molar-refractivity contribution in [2.24, 2.45) is 5.73 Å². The molecule has 0 saturated carbocycles. The zero-order valence-corrected chi connectivity index (χ0v) is 50.9. The van der Waals surface area contributed by atoms with Gasteiger partial charge in [-0.25, -0.2) is 4.57 Å². The van der Waals surface area contributed by atoms with Gasteiger partial charge in [0.05, 0.1) is 13.2 Å². The molecule has 0 aromatic heterocycles. The molecule has 0 heterocycles. The second kappa shape index (κ2) is 62.2. The highest BCUT2D eigenvalue weighted by Crippen LogP contribution is 2.43. The molecule has 76 heavy (non-hydrogen) atoms. The molecule has 0 aromatic rings. The molecule has 0 aromatic carbocycles. The number of unbranched alkanes of at least 4 members (excludes halogenated alkanes) is 41. The minimum absolute atomic E-state index is 0.0530. The molecule has 0 spiro atoms. The van der Waals surface area contributed by atoms with Crippen molar-refractivity contribution in [3.8, 4) is 0 Å². The lowest BCUT2D eigenvalue weighted by Gasteiger charge is -2.19. The van der Waals surface area contributed by atoms with Gasteiger partial charge in [0.25, 0.3) is 0 Å². The first-order valence-corrected chi connectivity index (χ1v) is 34.1. The summed E-state index contributed by atoms with van der Waals surface area (Å²) in [5, 5.41) is 0. The number of nitrogens with two attached hydrogens (primary N) is 1. The second-order valence-corrected chi connectivity index (χ2v) is 23.4. The summed E-state index contributed by atoms with van der Waals surface area (Å²) in [5.74, 6) is -0.818. The molecule has 0 amide bonds. The Hall–Kier alpha value is -2.03. The molecule has 0 fully saturated rings. The average Bonchev–Trinajstić information content (AvgIpc) is 3.41. The molecule has 0 saturated heterocycles. The lowest BCUT2D eigenvalue weighted by molar-refractivity contribution is -0.161. The number of hydrogen-bond donors (Lipinski definition) is 2. The highest BCUT2D eigenvalue weighted by Gasteiger charge is 2.26. The summed E-state index contributed by atoms with van der Waals surface area (Å²) in [4.78, 5) is 35.3. The number of carbonyl (C=O) groups excluding carboxylic acids is 2. The molecule has 446 valence electrons. The fourth-order valence-electron chi connectivity index (χ4n) is 9.69. The van der Waals surface area contributed by atoms with Crippen LogP contribution in [0.3, 0.4) is 0 Å². The van der Waals surface area contributed by atoms with Crippen molar-refractivity contribution >= 4 is 19.8 Å². The summed E-state index contributed by atoms with van der Waals surface area (Å²) < 4.78 is 33.1. The van der Waals surface area contributed by atoms with Gasteiger partial charge in [0.15, 0.2) is 6.10 Å². The van der Waals surface area contributed by atoms with Crippen molar-refractivity contribution in [3.05, 3.63) is 48.6 Å². The molecule has 0 radical (unpaired) electrons. The number of phosphoric acid groups is 1.